The molecule has 1 heterocycles. The third kappa shape index (κ3) is 2.96. The lowest BCUT2D eigenvalue weighted by molar-refractivity contribution is 0.340. The van der Waals surface area contributed by atoms with Crippen molar-refractivity contribution in [2.75, 3.05) is 13.7 Å². The van der Waals surface area contributed by atoms with E-state index in [2.05, 4.69) is 29.1 Å². The van der Waals surface area contributed by atoms with Gasteiger partial charge in [0.2, 0.25) is 0 Å². The standard InChI is InChI=1S/C15H21N3O/c1-5-19-12-8-6-11(7-9-12)13-10-17-14(18-13)15(2,3)16-4/h6-10,16H,5H2,1-4H3,(H,17,18). The first-order chi connectivity index (χ1) is 9.06. The van der Waals surface area contributed by atoms with Gasteiger partial charge in [0.05, 0.1) is 24.0 Å². The zero-order chi connectivity index (χ0) is 13.9. The first kappa shape index (κ1) is 13.6. The molecule has 19 heavy (non-hydrogen) atoms. The van der Waals surface area contributed by atoms with Gasteiger partial charge in [0.15, 0.2) is 0 Å². The molecule has 0 aliphatic carbocycles. The van der Waals surface area contributed by atoms with Crippen molar-refractivity contribution in [3.05, 3.63) is 36.3 Å². The van der Waals surface area contributed by atoms with Crippen molar-refractivity contribution < 1.29 is 4.74 Å². The van der Waals surface area contributed by atoms with E-state index in [0.717, 1.165) is 22.8 Å². The lowest BCUT2D eigenvalue weighted by atomic mass is 10.1. The molecule has 0 fully saturated rings. The van der Waals surface area contributed by atoms with Crippen molar-refractivity contribution in [1.29, 1.82) is 0 Å². The fraction of sp³-hybridized carbons (Fsp3) is 0.400. The Balaban J connectivity index is 2.23. The smallest absolute Gasteiger partial charge is 0.126 e. The van der Waals surface area contributed by atoms with Crippen LogP contribution in [0.5, 0.6) is 5.75 Å². The molecule has 0 bridgehead atoms. The Morgan fingerprint density at radius 1 is 1.26 bits per heavy atom. The Morgan fingerprint density at radius 3 is 2.53 bits per heavy atom. The highest BCUT2D eigenvalue weighted by Crippen LogP contribution is 2.23. The van der Waals surface area contributed by atoms with Gasteiger partial charge in [-0.1, -0.05) is 0 Å². The highest BCUT2D eigenvalue weighted by atomic mass is 16.5. The SMILES string of the molecule is CCOc1ccc(-c2cnc(C(C)(C)NC)[nH]2)cc1. The summed E-state index contributed by atoms with van der Waals surface area (Å²) in [5, 5.41) is 3.23. The summed E-state index contributed by atoms with van der Waals surface area (Å²) < 4.78 is 5.44. The third-order valence-electron chi connectivity index (χ3n) is 3.27. The summed E-state index contributed by atoms with van der Waals surface area (Å²) in [5.74, 6) is 1.82. The summed E-state index contributed by atoms with van der Waals surface area (Å²) in [4.78, 5) is 7.80. The van der Waals surface area contributed by atoms with Crippen LogP contribution in [0.2, 0.25) is 0 Å². The van der Waals surface area contributed by atoms with E-state index in [0.29, 0.717) is 6.61 Å². The van der Waals surface area contributed by atoms with Crippen LogP contribution in [-0.2, 0) is 5.54 Å². The van der Waals surface area contributed by atoms with Crippen LogP contribution in [0.25, 0.3) is 11.3 Å². The molecular formula is C15H21N3O. The number of hydrogen-bond donors (Lipinski definition) is 2. The maximum atomic E-state index is 5.44. The second-order valence-corrected chi connectivity index (χ2v) is 4.98. The van der Waals surface area contributed by atoms with Crippen molar-refractivity contribution in [3.8, 4) is 17.0 Å². The molecule has 0 saturated heterocycles. The molecule has 0 spiro atoms. The molecule has 0 amide bonds. The predicted octanol–water partition coefficient (Wildman–Crippen LogP) is 2.93. The number of nitrogens with zero attached hydrogens (tertiary/aromatic N) is 1. The highest BCUT2D eigenvalue weighted by Gasteiger charge is 2.21. The van der Waals surface area contributed by atoms with Crippen molar-refractivity contribution in [3.63, 3.8) is 0 Å². The number of hydrogen-bond acceptors (Lipinski definition) is 3. The molecule has 0 saturated carbocycles. The Hall–Kier alpha value is -1.81. The number of benzene rings is 1. The van der Waals surface area contributed by atoms with Gasteiger partial charge in [-0.2, -0.15) is 0 Å². The highest BCUT2D eigenvalue weighted by molar-refractivity contribution is 5.59. The van der Waals surface area contributed by atoms with Crippen LogP contribution in [0.15, 0.2) is 30.5 Å². The summed E-state index contributed by atoms with van der Waals surface area (Å²) in [5.41, 5.74) is 1.96. The zero-order valence-corrected chi connectivity index (χ0v) is 11.9. The minimum absolute atomic E-state index is 0.163. The molecule has 0 radical (unpaired) electrons. The summed E-state index contributed by atoms with van der Waals surface area (Å²) in [6.07, 6.45) is 1.87. The molecule has 0 atom stereocenters. The van der Waals surface area contributed by atoms with Gasteiger partial charge >= 0.3 is 0 Å². The van der Waals surface area contributed by atoms with Crippen LogP contribution >= 0.6 is 0 Å². The van der Waals surface area contributed by atoms with E-state index in [9.17, 15) is 0 Å². The minimum atomic E-state index is -0.163. The molecule has 102 valence electrons. The summed E-state index contributed by atoms with van der Waals surface area (Å²) in [6.45, 7) is 6.85. The summed E-state index contributed by atoms with van der Waals surface area (Å²) in [6, 6.07) is 8.02. The van der Waals surface area contributed by atoms with Gasteiger partial charge in [-0.3, -0.25) is 0 Å². The Morgan fingerprint density at radius 2 is 1.95 bits per heavy atom. The van der Waals surface area contributed by atoms with Gasteiger partial charge in [-0.05, 0) is 57.6 Å². The van der Waals surface area contributed by atoms with Gasteiger partial charge in [0, 0.05) is 0 Å². The topological polar surface area (TPSA) is 49.9 Å². The van der Waals surface area contributed by atoms with Gasteiger partial charge in [-0.25, -0.2) is 4.98 Å². The Kier molecular flexibility index (Phi) is 3.90. The first-order valence-corrected chi connectivity index (χ1v) is 6.54. The second-order valence-electron chi connectivity index (χ2n) is 4.98. The molecule has 1 aromatic carbocycles. The predicted molar refractivity (Wildman–Crippen MR) is 77.3 cm³/mol. The first-order valence-electron chi connectivity index (χ1n) is 6.54. The molecule has 2 aromatic rings. The molecule has 2 N–H and O–H groups in total. The van der Waals surface area contributed by atoms with Gasteiger partial charge < -0.3 is 15.0 Å². The molecule has 1 aromatic heterocycles. The molecule has 0 aliphatic heterocycles. The van der Waals surface area contributed by atoms with E-state index >= 15 is 0 Å². The molecule has 4 heteroatoms. The van der Waals surface area contributed by atoms with Crippen molar-refractivity contribution >= 4 is 0 Å². The average molecular weight is 259 g/mol. The van der Waals surface area contributed by atoms with E-state index in [-0.39, 0.29) is 5.54 Å². The Bertz CT molecular complexity index is 529. The maximum absolute atomic E-state index is 5.44. The van der Waals surface area contributed by atoms with E-state index in [4.69, 9.17) is 4.74 Å². The van der Waals surface area contributed by atoms with Crippen LogP contribution in [0.3, 0.4) is 0 Å². The maximum Gasteiger partial charge on any atom is 0.126 e. The van der Waals surface area contributed by atoms with Crippen LogP contribution < -0.4 is 10.1 Å². The van der Waals surface area contributed by atoms with Gasteiger partial charge in [0.1, 0.15) is 11.6 Å². The fourth-order valence-corrected chi connectivity index (χ4v) is 1.80. The largest absolute Gasteiger partial charge is 0.494 e. The van der Waals surface area contributed by atoms with Crippen molar-refractivity contribution in [1.82, 2.24) is 15.3 Å². The van der Waals surface area contributed by atoms with E-state index < -0.39 is 0 Å². The number of imidazole rings is 1. The third-order valence-corrected chi connectivity index (χ3v) is 3.27. The van der Waals surface area contributed by atoms with E-state index in [1.165, 1.54) is 0 Å². The number of aromatic nitrogens is 2. The van der Waals surface area contributed by atoms with Crippen LogP contribution in [0.4, 0.5) is 0 Å². The molecule has 2 rings (SSSR count). The monoisotopic (exact) mass is 259 g/mol. The van der Waals surface area contributed by atoms with Crippen LogP contribution in [-0.4, -0.2) is 23.6 Å². The van der Waals surface area contributed by atoms with E-state index in [1.807, 2.05) is 44.4 Å². The average Bonchev–Trinajstić information content (AvgIpc) is 2.90. The molecule has 0 unspecified atom stereocenters. The fourth-order valence-electron chi connectivity index (χ4n) is 1.80. The van der Waals surface area contributed by atoms with Crippen LogP contribution in [0, 0.1) is 0 Å². The Labute approximate surface area is 114 Å². The lowest BCUT2D eigenvalue weighted by Crippen LogP contribution is -2.34. The minimum Gasteiger partial charge on any atom is -0.494 e. The van der Waals surface area contributed by atoms with Gasteiger partial charge in [-0.15, -0.1) is 0 Å². The summed E-state index contributed by atoms with van der Waals surface area (Å²) in [7, 11) is 1.93. The van der Waals surface area contributed by atoms with Crippen LogP contribution in [0.1, 0.15) is 26.6 Å². The second kappa shape index (κ2) is 5.45. The zero-order valence-electron chi connectivity index (χ0n) is 11.9. The number of H-pyrrole nitrogens is 1. The molecule has 0 aliphatic rings. The van der Waals surface area contributed by atoms with Gasteiger partial charge in [0.25, 0.3) is 0 Å². The number of aromatic amines is 1. The summed E-state index contributed by atoms with van der Waals surface area (Å²) >= 11 is 0. The number of ether oxygens (including phenoxy) is 1. The van der Waals surface area contributed by atoms with E-state index in [1.54, 1.807) is 0 Å². The quantitative estimate of drug-likeness (QED) is 0.868. The van der Waals surface area contributed by atoms with Crippen molar-refractivity contribution in [2.45, 2.75) is 26.3 Å². The normalized spacial score (nSPS) is 11.6. The molecular weight excluding hydrogens is 238 g/mol. The number of nitrogens with one attached hydrogen (secondary N) is 2. The number of rotatable bonds is 5. The molecule has 4 nitrogen and oxygen atoms in total. The van der Waals surface area contributed by atoms with Crippen molar-refractivity contribution in [2.24, 2.45) is 0 Å². The lowest BCUT2D eigenvalue weighted by Gasteiger charge is -2.20.